The molecule has 4 nitrogen and oxygen atoms in total. The largest absolute Gasteiger partial charge is 0.481 e. The van der Waals surface area contributed by atoms with E-state index in [0.29, 0.717) is 12.4 Å². The van der Waals surface area contributed by atoms with Crippen LogP contribution in [0.3, 0.4) is 0 Å². The molecule has 0 aliphatic heterocycles. The summed E-state index contributed by atoms with van der Waals surface area (Å²) in [6.45, 7) is 2.55. The van der Waals surface area contributed by atoms with E-state index in [-0.39, 0.29) is 6.61 Å². The van der Waals surface area contributed by atoms with Crippen LogP contribution in [0.5, 0.6) is 5.88 Å². The molecule has 1 aromatic heterocycles. The van der Waals surface area contributed by atoms with E-state index in [2.05, 4.69) is 10.3 Å². The Morgan fingerprint density at radius 3 is 2.55 bits per heavy atom. The van der Waals surface area contributed by atoms with Crippen molar-refractivity contribution in [3.63, 3.8) is 0 Å². The lowest BCUT2D eigenvalue weighted by atomic mass is 9.93. The lowest BCUT2D eigenvalue weighted by molar-refractivity contribution is 0.173. The Bertz CT molecular complexity index is 545. The minimum atomic E-state index is -0.494. The fourth-order valence-electron chi connectivity index (χ4n) is 2.01. The van der Waals surface area contributed by atoms with Crippen molar-refractivity contribution < 1.29 is 9.84 Å². The molecule has 0 saturated heterocycles. The van der Waals surface area contributed by atoms with Crippen LogP contribution in [0.1, 0.15) is 18.2 Å². The Morgan fingerprint density at radius 2 is 1.90 bits per heavy atom. The van der Waals surface area contributed by atoms with Crippen molar-refractivity contribution >= 4 is 0 Å². The van der Waals surface area contributed by atoms with E-state index in [9.17, 15) is 5.11 Å². The number of ether oxygens (including phenoxy) is 1. The first-order chi connectivity index (χ1) is 9.68. The minimum Gasteiger partial charge on any atom is -0.481 e. The quantitative estimate of drug-likeness (QED) is 0.845. The fourth-order valence-corrected chi connectivity index (χ4v) is 2.01. The van der Waals surface area contributed by atoms with Crippen LogP contribution < -0.4 is 10.1 Å². The summed E-state index contributed by atoms with van der Waals surface area (Å²) in [6.07, 6.45) is 0. The minimum absolute atomic E-state index is 0.0149. The lowest BCUT2D eigenvalue weighted by Gasteiger charge is -2.29. The van der Waals surface area contributed by atoms with Gasteiger partial charge in [-0.1, -0.05) is 36.4 Å². The molecule has 1 heterocycles. The zero-order valence-corrected chi connectivity index (χ0v) is 11.8. The Kier molecular flexibility index (Phi) is 4.71. The first kappa shape index (κ1) is 14.5. The second kappa shape index (κ2) is 6.50. The maximum atomic E-state index is 9.71. The van der Waals surface area contributed by atoms with Crippen LogP contribution in [0.25, 0.3) is 0 Å². The smallest absolute Gasteiger partial charge is 0.213 e. The number of benzene rings is 1. The van der Waals surface area contributed by atoms with E-state index in [1.807, 2.05) is 55.5 Å². The number of aliphatic hydroxyl groups is 1. The third-order valence-corrected chi connectivity index (χ3v) is 3.38. The molecule has 0 spiro atoms. The van der Waals surface area contributed by atoms with Crippen LogP contribution in [-0.2, 0) is 12.1 Å². The van der Waals surface area contributed by atoms with E-state index < -0.39 is 5.54 Å². The van der Waals surface area contributed by atoms with Gasteiger partial charge in [-0.2, -0.15) is 0 Å². The molecule has 0 aliphatic carbocycles. The summed E-state index contributed by atoms with van der Waals surface area (Å²) >= 11 is 0. The molecule has 4 heteroatoms. The summed E-state index contributed by atoms with van der Waals surface area (Å²) in [5.74, 6) is 0.592. The fraction of sp³-hybridized carbons (Fsp3) is 0.312. The van der Waals surface area contributed by atoms with Crippen molar-refractivity contribution in [1.29, 1.82) is 0 Å². The van der Waals surface area contributed by atoms with Gasteiger partial charge < -0.3 is 15.2 Å². The molecule has 20 heavy (non-hydrogen) atoms. The number of pyridine rings is 1. The van der Waals surface area contributed by atoms with Crippen molar-refractivity contribution in [2.75, 3.05) is 13.7 Å². The second-order valence-corrected chi connectivity index (χ2v) is 4.88. The normalized spacial score (nSPS) is 13.8. The summed E-state index contributed by atoms with van der Waals surface area (Å²) < 4.78 is 5.11. The SMILES string of the molecule is COc1cccc(CNC(C)(CO)c2ccccc2)n1. The zero-order valence-electron chi connectivity index (χ0n) is 11.8. The molecule has 106 valence electrons. The molecular weight excluding hydrogens is 252 g/mol. The van der Waals surface area contributed by atoms with E-state index in [1.165, 1.54) is 0 Å². The van der Waals surface area contributed by atoms with Gasteiger partial charge in [-0.15, -0.1) is 0 Å². The third kappa shape index (κ3) is 3.35. The highest BCUT2D eigenvalue weighted by atomic mass is 16.5. The molecule has 1 atom stereocenters. The van der Waals surface area contributed by atoms with Gasteiger partial charge >= 0.3 is 0 Å². The second-order valence-electron chi connectivity index (χ2n) is 4.88. The van der Waals surface area contributed by atoms with Gasteiger partial charge in [-0.3, -0.25) is 0 Å². The number of aliphatic hydroxyl groups excluding tert-OH is 1. The van der Waals surface area contributed by atoms with Crippen molar-refractivity contribution in [3.05, 3.63) is 59.8 Å². The van der Waals surface area contributed by atoms with E-state index >= 15 is 0 Å². The molecule has 2 N–H and O–H groups in total. The van der Waals surface area contributed by atoms with Crippen LogP contribution in [0.15, 0.2) is 48.5 Å². The van der Waals surface area contributed by atoms with Crippen molar-refractivity contribution in [1.82, 2.24) is 10.3 Å². The average molecular weight is 272 g/mol. The zero-order chi connectivity index (χ0) is 14.4. The maximum Gasteiger partial charge on any atom is 0.213 e. The monoisotopic (exact) mass is 272 g/mol. The van der Waals surface area contributed by atoms with Crippen molar-refractivity contribution in [2.24, 2.45) is 0 Å². The maximum absolute atomic E-state index is 9.71. The lowest BCUT2D eigenvalue weighted by Crippen LogP contribution is -2.42. The summed E-state index contributed by atoms with van der Waals surface area (Å²) in [4.78, 5) is 4.36. The third-order valence-electron chi connectivity index (χ3n) is 3.38. The van der Waals surface area contributed by atoms with E-state index in [1.54, 1.807) is 7.11 Å². The van der Waals surface area contributed by atoms with Gasteiger partial charge in [0.25, 0.3) is 0 Å². The highest BCUT2D eigenvalue weighted by Gasteiger charge is 2.24. The molecular formula is C16H20N2O2. The highest BCUT2D eigenvalue weighted by Crippen LogP contribution is 2.20. The van der Waals surface area contributed by atoms with Crippen molar-refractivity contribution in [3.8, 4) is 5.88 Å². The average Bonchev–Trinajstić information content (AvgIpc) is 2.53. The molecule has 0 saturated carbocycles. The van der Waals surface area contributed by atoms with Crippen LogP contribution in [0.4, 0.5) is 0 Å². The molecule has 1 aromatic carbocycles. The van der Waals surface area contributed by atoms with Gasteiger partial charge in [0, 0.05) is 12.6 Å². The van der Waals surface area contributed by atoms with Crippen LogP contribution in [0, 0.1) is 0 Å². The molecule has 0 radical (unpaired) electrons. The molecule has 0 aliphatic rings. The Morgan fingerprint density at radius 1 is 1.15 bits per heavy atom. The predicted octanol–water partition coefficient (Wildman–Crippen LogP) is 2.09. The Labute approximate surface area is 119 Å². The summed E-state index contributed by atoms with van der Waals surface area (Å²) in [6, 6.07) is 15.5. The van der Waals surface area contributed by atoms with Gasteiger partial charge in [0.15, 0.2) is 0 Å². The summed E-state index contributed by atoms with van der Waals surface area (Å²) in [5.41, 5.74) is 1.43. The molecule has 0 bridgehead atoms. The summed E-state index contributed by atoms with van der Waals surface area (Å²) in [5, 5.41) is 13.1. The number of hydrogen-bond donors (Lipinski definition) is 2. The van der Waals surface area contributed by atoms with Crippen LogP contribution in [0.2, 0.25) is 0 Å². The first-order valence-electron chi connectivity index (χ1n) is 6.59. The molecule has 0 fully saturated rings. The van der Waals surface area contributed by atoms with Gasteiger partial charge in [-0.05, 0) is 18.6 Å². The topological polar surface area (TPSA) is 54.4 Å². The highest BCUT2D eigenvalue weighted by molar-refractivity contribution is 5.24. The number of nitrogens with zero attached hydrogens (tertiary/aromatic N) is 1. The predicted molar refractivity (Wildman–Crippen MR) is 78.5 cm³/mol. The number of aromatic nitrogens is 1. The van der Waals surface area contributed by atoms with E-state index in [0.717, 1.165) is 11.3 Å². The Hall–Kier alpha value is -1.91. The standard InChI is InChI=1S/C16H20N2O2/c1-16(12-19,13-7-4-3-5-8-13)17-11-14-9-6-10-15(18-14)20-2/h3-10,17,19H,11-12H2,1-2H3. The molecule has 2 aromatic rings. The number of nitrogens with one attached hydrogen (secondary N) is 1. The number of hydrogen-bond acceptors (Lipinski definition) is 4. The van der Waals surface area contributed by atoms with Gasteiger partial charge in [0.1, 0.15) is 0 Å². The van der Waals surface area contributed by atoms with Crippen LogP contribution >= 0.6 is 0 Å². The van der Waals surface area contributed by atoms with Gasteiger partial charge in [0.05, 0.1) is 24.9 Å². The van der Waals surface area contributed by atoms with Crippen LogP contribution in [-0.4, -0.2) is 23.8 Å². The van der Waals surface area contributed by atoms with Gasteiger partial charge in [0.2, 0.25) is 5.88 Å². The van der Waals surface area contributed by atoms with Gasteiger partial charge in [-0.25, -0.2) is 4.98 Å². The number of methoxy groups -OCH3 is 1. The molecule has 1 unspecified atom stereocenters. The van der Waals surface area contributed by atoms with E-state index in [4.69, 9.17) is 4.74 Å². The first-order valence-corrected chi connectivity index (χ1v) is 6.59. The Balaban J connectivity index is 2.10. The summed E-state index contributed by atoms with van der Waals surface area (Å²) in [7, 11) is 1.60. The number of rotatable bonds is 6. The van der Waals surface area contributed by atoms with Crippen molar-refractivity contribution in [2.45, 2.75) is 19.0 Å². The molecule has 2 rings (SSSR count). The molecule has 0 amide bonds.